The molecule has 0 saturated carbocycles. The molecule has 0 spiro atoms. The summed E-state index contributed by atoms with van der Waals surface area (Å²) in [5.74, 6) is 0.183. The number of phenolic OH excluding ortho intramolecular Hbond substituents is 1. The van der Waals surface area contributed by atoms with Crippen molar-refractivity contribution in [2.45, 2.75) is 31.0 Å². The molecule has 1 heterocycles. The lowest BCUT2D eigenvalue weighted by Gasteiger charge is -2.32. The summed E-state index contributed by atoms with van der Waals surface area (Å²) in [6.45, 7) is 2.75. The summed E-state index contributed by atoms with van der Waals surface area (Å²) in [5, 5.41) is 33.8. The Labute approximate surface area is 154 Å². The molecule has 2 aromatic rings. The molecule has 4 N–H and O–H groups in total. The van der Waals surface area contributed by atoms with Crippen LogP contribution in [0.1, 0.15) is 36.1 Å². The Morgan fingerprint density at radius 2 is 1.58 bits per heavy atom. The second-order valence-corrected chi connectivity index (χ2v) is 6.96. The monoisotopic (exact) mass is 356 g/mol. The van der Waals surface area contributed by atoms with Gasteiger partial charge in [-0.05, 0) is 49.2 Å². The third-order valence-corrected chi connectivity index (χ3v) is 5.07. The molecule has 5 heteroatoms. The van der Waals surface area contributed by atoms with Crippen molar-refractivity contribution in [2.24, 2.45) is 0 Å². The van der Waals surface area contributed by atoms with Crippen LogP contribution in [-0.2, 0) is 0 Å². The van der Waals surface area contributed by atoms with E-state index >= 15 is 0 Å². The van der Waals surface area contributed by atoms with E-state index in [0.29, 0.717) is 6.54 Å². The van der Waals surface area contributed by atoms with Crippen molar-refractivity contribution < 1.29 is 15.3 Å². The molecule has 1 unspecified atom stereocenters. The minimum atomic E-state index is -0.728. The molecule has 1 aliphatic heterocycles. The molecular formula is C21H28N2O3. The minimum Gasteiger partial charge on any atom is -0.508 e. The van der Waals surface area contributed by atoms with Crippen molar-refractivity contribution in [3.63, 3.8) is 0 Å². The number of aromatic hydroxyl groups is 1. The third-order valence-electron chi connectivity index (χ3n) is 5.07. The normalized spacial score (nSPS) is 18.5. The van der Waals surface area contributed by atoms with Crippen LogP contribution >= 0.6 is 0 Å². The molecule has 3 atom stereocenters. The van der Waals surface area contributed by atoms with E-state index in [1.54, 1.807) is 24.3 Å². The first-order valence-corrected chi connectivity index (χ1v) is 9.28. The number of hydrogen-bond donors (Lipinski definition) is 4. The van der Waals surface area contributed by atoms with Crippen LogP contribution in [0.2, 0.25) is 0 Å². The second-order valence-electron chi connectivity index (χ2n) is 6.96. The smallest absolute Gasteiger partial charge is 0.115 e. The SMILES string of the molecule is OCC(N[C@H](CN1CCCC1)[C@H](O)c1ccc(O)cc1)c1ccccc1. The number of aliphatic hydroxyl groups excluding tert-OH is 2. The Balaban J connectivity index is 1.78. The molecule has 1 aliphatic rings. The topological polar surface area (TPSA) is 76.0 Å². The lowest BCUT2D eigenvalue weighted by Crippen LogP contribution is -2.46. The highest BCUT2D eigenvalue weighted by Gasteiger charge is 2.27. The number of aliphatic hydroxyl groups is 2. The highest BCUT2D eigenvalue weighted by Crippen LogP contribution is 2.24. The van der Waals surface area contributed by atoms with Crippen molar-refractivity contribution in [1.29, 1.82) is 0 Å². The van der Waals surface area contributed by atoms with Gasteiger partial charge >= 0.3 is 0 Å². The summed E-state index contributed by atoms with van der Waals surface area (Å²) in [6.07, 6.45) is 1.64. The lowest BCUT2D eigenvalue weighted by atomic mass is 9.99. The average molecular weight is 356 g/mol. The number of rotatable bonds is 8. The van der Waals surface area contributed by atoms with Crippen molar-refractivity contribution in [2.75, 3.05) is 26.2 Å². The zero-order chi connectivity index (χ0) is 18.4. The Morgan fingerprint density at radius 1 is 0.923 bits per heavy atom. The summed E-state index contributed by atoms with van der Waals surface area (Å²) in [7, 11) is 0. The van der Waals surface area contributed by atoms with E-state index in [4.69, 9.17) is 0 Å². The van der Waals surface area contributed by atoms with E-state index in [1.807, 2.05) is 30.3 Å². The van der Waals surface area contributed by atoms with Gasteiger partial charge in [-0.2, -0.15) is 0 Å². The van der Waals surface area contributed by atoms with Crippen molar-refractivity contribution >= 4 is 0 Å². The molecular weight excluding hydrogens is 328 g/mol. The number of benzene rings is 2. The summed E-state index contributed by atoms with van der Waals surface area (Å²) < 4.78 is 0. The molecule has 0 aromatic heterocycles. The second kappa shape index (κ2) is 9.14. The van der Waals surface area contributed by atoms with E-state index in [2.05, 4.69) is 10.2 Å². The van der Waals surface area contributed by atoms with E-state index in [1.165, 1.54) is 12.8 Å². The Kier molecular flexibility index (Phi) is 6.63. The molecule has 26 heavy (non-hydrogen) atoms. The fourth-order valence-electron chi connectivity index (χ4n) is 3.59. The van der Waals surface area contributed by atoms with Crippen LogP contribution in [0, 0.1) is 0 Å². The van der Waals surface area contributed by atoms with Crippen LogP contribution in [0.5, 0.6) is 5.75 Å². The molecule has 5 nitrogen and oxygen atoms in total. The maximum Gasteiger partial charge on any atom is 0.115 e. The van der Waals surface area contributed by atoms with Crippen LogP contribution in [0.25, 0.3) is 0 Å². The zero-order valence-corrected chi connectivity index (χ0v) is 15.0. The molecule has 0 bridgehead atoms. The minimum absolute atomic E-state index is 0.0389. The van der Waals surface area contributed by atoms with Crippen LogP contribution in [0.3, 0.4) is 0 Å². The van der Waals surface area contributed by atoms with Gasteiger partial charge in [0.2, 0.25) is 0 Å². The van der Waals surface area contributed by atoms with E-state index < -0.39 is 6.10 Å². The first-order valence-electron chi connectivity index (χ1n) is 9.28. The molecule has 2 aromatic carbocycles. The quantitative estimate of drug-likeness (QED) is 0.583. The highest BCUT2D eigenvalue weighted by molar-refractivity contribution is 5.28. The molecule has 140 valence electrons. The van der Waals surface area contributed by atoms with Crippen LogP contribution < -0.4 is 5.32 Å². The summed E-state index contributed by atoms with van der Waals surface area (Å²) >= 11 is 0. The largest absolute Gasteiger partial charge is 0.508 e. The first-order chi connectivity index (χ1) is 12.7. The van der Waals surface area contributed by atoms with Gasteiger partial charge in [-0.15, -0.1) is 0 Å². The first kappa shape index (κ1) is 18.9. The van der Waals surface area contributed by atoms with Crippen LogP contribution in [0.4, 0.5) is 0 Å². The molecule has 3 rings (SSSR count). The van der Waals surface area contributed by atoms with Gasteiger partial charge in [-0.3, -0.25) is 0 Å². The van der Waals surface area contributed by atoms with Gasteiger partial charge in [0, 0.05) is 6.54 Å². The van der Waals surface area contributed by atoms with Gasteiger partial charge in [0.1, 0.15) is 5.75 Å². The Bertz CT molecular complexity index is 657. The van der Waals surface area contributed by atoms with Gasteiger partial charge in [-0.1, -0.05) is 42.5 Å². The predicted molar refractivity (Wildman–Crippen MR) is 102 cm³/mol. The lowest BCUT2D eigenvalue weighted by molar-refractivity contribution is 0.0915. The molecule has 1 saturated heterocycles. The maximum absolute atomic E-state index is 11.0. The molecule has 0 aliphatic carbocycles. The standard InChI is InChI=1S/C21H28N2O3/c24-15-20(16-6-2-1-3-7-16)22-19(14-23-12-4-5-13-23)21(26)17-8-10-18(25)11-9-17/h1-3,6-11,19-22,24-26H,4-5,12-15H2/t19-,20?,21-/m1/s1. The van der Waals surface area contributed by atoms with E-state index in [9.17, 15) is 15.3 Å². The van der Waals surface area contributed by atoms with Crippen molar-refractivity contribution in [1.82, 2.24) is 10.2 Å². The Hall–Kier alpha value is -1.92. The number of nitrogens with one attached hydrogen (secondary N) is 1. The van der Waals surface area contributed by atoms with Gasteiger partial charge in [-0.25, -0.2) is 0 Å². The Morgan fingerprint density at radius 3 is 2.19 bits per heavy atom. The zero-order valence-electron chi connectivity index (χ0n) is 15.0. The number of hydrogen-bond acceptors (Lipinski definition) is 5. The van der Waals surface area contributed by atoms with Crippen molar-refractivity contribution in [3.05, 3.63) is 65.7 Å². The average Bonchev–Trinajstić information content (AvgIpc) is 3.19. The van der Waals surface area contributed by atoms with Gasteiger partial charge in [0.15, 0.2) is 0 Å². The number of likely N-dealkylation sites (tertiary alicyclic amines) is 1. The highest BCUT2D eigenvalue weighted by atomic mass is 16.3. The fourth-order valence-corrected chi connectivity index (χ4v) is 3.59. The van der Waals surface area contributed by atoms with Gasteiger partial charge in [0.05, 0.1) is 24.8 Å². The van der Waals surface area contributed by atoms with Crippen LogP contribution in [0.15, 0.2) is 54.6 Å². The molecule has 1 fully saturated rings. The third kappa shape index (κ3) is 4.83. The number of nitrogens with zero attached hydrogens (tertiary/aromatic N) is 1. The summed E-state index contributed by atoms with van der Waals surface area (Å²) in [5.41, 5.74) is 1.75. The van der Waals surface area contributed by atoms with Crippen molar-refractivity contribution in [3.8, 4) is 5.75 Å². The molecule has 0 amide bonds. The summed E-state index contributed by atoms with van der Waals surface area (Å²) in [6, 6.07) is 16.0. The van der Waals surface area contributed by atoms with Gasteiger partial charge in [0.25, 0.3) is 0 Å². The maximum atomic E-state index is 11.0. The summed E-state index contributed by atoms with van der Waals surface area (Å²) in [4.78, 5) is 2.35. The van der Waals surface area contributed by atoms with E-state index in [0.717, 1.165) is 24.2 Å². The number of phenols is 1. The molecule has 0 radical (unpaired) electrons. The van der Waals surface area contributed by atoms with Crippen LogP contribution in [-0.4, -0.2) is 52.5 Å². The predicted octanol–water partition coefficient (Wildman–Crippen LogP) is 2.21. The van der Waals surface area contributed by atoms with E-state index in [-0.39, 0.29) is 24.4 Å². The van der Waals surface area contributed by atoms with Gasteiger partial charge < -0.3 is 25.5 Å². The fraction of sp³-hybridized carbons (Fsp3) is 0.429.